The Kier molecular flexibility index (Phi) is 4.03. The fraction of sp³-hybridized carbons (Fsp3) is 0.333. The highest BCUT2D eigenvalue weighted by molar-refractivity contribution is 9.10. The van der Waals surface area contributed by atoms with Gasteiger partial charge >= 0.3 is 6.18 Å². The lowest BCUT2D eigenvalue weighted by molar-refractivity contribution is -0.146. The monoisotopic (exact) mass is 349 g/mol. The fourth-order valence-corrected chi connectivity index (χ4v) is 1.99. The van der Waals surface area contributed by atoms with Crippen molar-refractivity contribution in [1.82, 2.24) is 14.5 Å². The zero-order valence-electron chi connectivity index (χ0n) is 10.6. The average molecular weight is 350 g/mol. The third-order valence-corrected chi connectivity index (χ3v) is 2.87. The molecule has 0 N–H and O–H groups in total. The molecular weight excluding hydrogens is 339 g/mol. The van der Waals surface area contributed by atoms with Crippen molar-refractivity contribution in [3.8, 4) is 11.6 Å². The molecule has 2 aromatic rings. The number of rotatable bonds is 3. The second kappa shape index (κ2) is 5.43. The molecular formula is C12H11BrF3N3O. The second-order valence-electron chi connectivity index (χ2n) is 4.24. The number of imidazole rings is 1. The predicted octanol–water partition coefficient (Wildman–Crippen LogP) is 3.84. The fourth-order valence-electron chi connectivity index (χ4n) is 1.59. The molecule has 0 unspecified atom stereocenters. The van der Waals surface area contributed by atoms with E-state index in [0.717, 1.165) is 10.8 Å². The molecule has 2 rings (SSSR count). The zero-order valence-corrected chi connectivity index (χ0v) is 12.2. The Morgan fingerprint density at radius 1 is 1.30 bits per heavy atom. The molecule has 0 spiro atoms. The highest BCUT2D eigenvalue weighted by Crippen LogP contribution is 2.31. The van der Waals surface area contributed by atoms with E-state index in [4.69, 9.17) is 4.74 Å². The van der Waals surface area contributed by atoms with Crippen molar-refractivity contribution in [2.75, 3.05) is 0 Å². The zero-order chi connectivity index (χ0) is 14.9. The van der Waals surface area contributed by atoms with Gasteiger partial charge in [-0.25, -0.2) is 9.97 Å². The lowest BCUT2D eigenvalue weighted by Crippen LogP contribution is -2.14. The first-order valence-electron chi connectivity index (χ1n) is 5.73. The van der Waals surface area contributed by atoms with Crippen molar-refractivity contribution in [2.45, 2.75) is 26.1 Å². The molecule has 0 amide bonds. The summed E-state index contributed by atoms with van der Waals surface area (Å²) in [7, 11) is 0. The van der Waals surface area contributed by atoms with E-state index in [-0.39, 0.29) is 11.9 Å². The molecule has 2 heterocycles. The van der Waals surface area contributed by atoms with E-state index in [0.29, 0.717) is 10.4 Å². The summed E-state index contributed by atoms with van der Waals surface area (Å²) >= 11 is 3.19. The molecule has 0 saturated heterocycles. The van der Waals surface area contributed by atoms with Crippen molar-refractivity contribution in [2.24, 2.45) is 0 Å². The molecule has 0 aliphatic carbocycles. The summed E-state index contributed by atoms with van der Waals surface area (Å²) in [5.74, 6) is -0.440. The summed E-state index contributed by atoms with van der Waals surface area (Å²) < 4.78 is 45.0. The van der Waals surface area contributed by atoms with E-state index in [2.05, 4.69) is 25.9 Å². The smallest absolute Gasteiger partial charge is 0.450 e. The maximum Gasteiger partial charge on any atom is 0.450 e. The van der Waals surface area contributed by atoms with Crippen LogP contribution < -0.4 is 4.74 Å². The van der Waals surface area contributed by atoms with E-state index in [9.17, 15) is 13.2 Å². The number of hydrogen-bond acceptors (Lipinski definition) is 3. The van der Waals surface area contributed by atoms with E-state index < -0.39 is 12.0 Å². The Labute approximate surface area is 121 Å². The molecule has 20 heavy (non-hydrogen) atoms. The van der Waals surface area contributed by atoms with E-state index in [1.807, 2.05) is 13.8 Å². The van der Waals surface area contributed by atoms with Gasteiger partial charge in [0.1, 0.15) is 10.4 Å². The van der Waals surface area contributed by atoms with Crippen molar-refractivity contribution >= 4 is 15.9 Å². The van der Waals surface area contributed by atoms with Gasteiger partial charge in [-0.1, -0.05) is 0 Å². The van der Waals surface area contributed by atoms with Crippen LogP contribution in [0.15, 0.2) is 29.1 Å². The molecule has 8 heteroatoms. The number of halogens is 4. The van der Waals surface area contributed by atoms with E-state index in [1.54, 1.807) is 6.07 Å². The Hall–Kier alpha value is -1.57. The van der Waals surface area contributed by atoms with Gasteiger partial charge in [0, 0.05) is 12.4 Å². The normalized spacial score (nSPS) is 11.9. The highest BCUT2D eigenvalue weighted by atomic mass is 79.9. The summed E-state index contributed by atoms with van der Waals surface area (Å²) in [6, 6.07) is 3.01. The predicted molar refractivity (Wildman–Crippen MR) is 69.8 cm³/mol. The highest BCUT2D eigenvalue weighted by Gasteiger charge is 2.36. The molecule has 0 radical (unpaired) electrons. The van der Waals surface area contributed by atoms with Crippen molar-refractivity contribution < 1.29 is 17.9 Å². The topological polar surface area (TPSA) is 39.9 Å². The summed E-state index contributed by atoms with van der Waals surface area (Å²) in [6.45, 7) is 3.69. The summed E-state index contributed by atoms with van der Waals surface area (Å²) in [4.78, 5) is 7.37. The molecule has 0 aliphatic heterocycles. The molecule has 0 bridgehead atoms. The first-order valence-corrected chi connectivity index (χ1v) is 6.52. The minimum atomic E-state index is -4.54. The number of aromatic nitrogens is 3. The maximum atomic E-state index is 12.8. The van der Waals surface area contributed by atoms with Crippen LogP contribution in [0.5, 0.6) is 5.75 Å². The lowest BCUT2D eigenvalue weighted by Gasteiger charge is -2.13. The summed E-state index contributed by atoms with van der Waals surface area (Å²) in [6.07, 6.45) is -2.31. The van der Waals surface area contributed by atoms with Gasteiger partial charge in [-0.3, -0.25) is 4.57 Å². The Balaban J connectivity index is 2.40. The van der Waals surface area contributed by atoms with Crippen LogP contribution in [0, 0.1) is 0 Å². The molecule has 0 atom stereocenters. The first-order chi connectivity index (χ1) is 9.29. The molecule has 0 aromatic carbocycles. The number of hydrogen-bond donors (Lipinski definition) is 0. The van der Waals surface area contributed by atoms with Gasteiger partial charge in [-0.05, 0) is 41.9 Å². The summed E-state index contributed by atoms with van der Waals surface area (Å²) in [5.41, 5.74) is 0. The third-order valence-electron chi connectivity index (χ3n) is 2.30. The van der Waals surface area contributed by atoms with Gasteiger partial charge in [0.15, 0.2) is 5.75 Å². The van der Waals surface area contributed by atoms with Crippen LogP contribution >= 0.6 is 15.9 Å². The van der Waals surface area contributed by atoms with Crippen LogP contribution in [0.3, 0.4) is 0 Å². The van der Waals surface area contributed by atoms with E-state index in [1.165, 1.54) is 12.3 Å². The largest absolute Gasteiger partial charge is 0.488 e. The van der Waals surface area contributed by atoms with Crippen molar-refractivity contribution in [1.29, 1.82) is 0 Å². The standard InChI is InChI=1S/C12H11BrF3N3O/c1-7(2)20-8-3-4-9(18-10(8)13)19-6-5-17-11(19)12(14,15)16/h3-7H,1-2H3. The molecule has 108 valence electrons. The van der Waals surface area contributed by atoms with Crippen LogP contribution in [0.4, 0.5) is 13.2 Å². The second-order valence-corrected chi connectivity index (χ2v) is 4.99. The van der Waals surface area contributed by atoms with Crippen LogP contribution in [0.2, 0.25) is 0 Å². The maximum absolute atomic E-state index is 12.8. The van der Waals surface area contributed by atoms with Crippen LogP contribution in [-0.4, -0.2) is 20.6 Å². The van der Waals surface area contributed by atoms with Crippen LogP contribution in [0.25, 0.3) is 5.82 Å². The SMILES string of the molecule is CC(C)Oc1ccc(-n2ccnc2C(F)(F)F)nc1Br. The molecule has 0 fully saturated rings. The molecule has 2 aromatic heterocycles. The van der Waals surface area contributed by atoms with Crippen LogP contribution in [0.1, 0.15) is 19.7 Å². The Morgan fingerprint density at radius 2 is 2.00 bits per heavy atom. The first kappa shape index (κ1) is 14.8. The number of nitrogens with zero attached hydrogens (tertiary/aromatic N) is 3. The molecule has 0 aliphatic rings. The third kappa shape index (κ3) is 3.12. The van der Waals surface area contributed by atoms with Gasteiger partial charge in [0.2, 0.25) is 5.82 Å². The van der Waals surface area contributed by atoms with Crippen LogP contribution in [-0.2, 0) is 6.18 Å². The molecule has 4 nitrogen and oxygen atoms in total. The van der Waals surface area contributed by atoms with Crippen molar-refractivity contribution in [3.63, 3.8) is 0 Å². The van der Waals surface area contributed by atoms with Gasteiger partial charge in [-0.15, -0.1) is 0 Å². The van der Waals surface area contributed by atoms with E-state index >= 15 is 0 Å². The number of ether oxygens (including phenoxy) is 1. The average Bonchev–Trinajstić information content (AvgIpc) is 2.80. The number of alkyl halides is 3. The quantitative estimate of drug-likeness (QED) is 0.790. The van der Waals surface area contributed by atoms with Gasteiger partial charge < -0.3 is 4.74 Å². The number of pyridine rings is 1. The Bertz CT molecular complexity index is 610. The minimum absolute atomic E-state index is 0.0575. The lowest BCUT2D eigenvalue weighted by atomic mass is 10.4. The minimum Gasteiger partial charge on any atom is -0.488 e. The van der Waals surface area contributed by atoms with Crippen molar-refractivity contribution in [3.05, 3.63) is 35.0 Å². The molecule has 0 saturated carbocycles. The van der Waals surface area contributed by atoms with Gasteiger partial charge in [0.25, 0.3) is 0 Å². The Morgan fingerprint density at radius 3 is 2.55 bits per heavy atom. The van der Waals surface area contributed by atoms with Gasteiger partial charge in [-0.2, -0.15) is 13.2 Å². The summed E-state index contributed by atoms with van der Waals surface area (Å²) in [5, 5.41) is 0. The van der Waals surface area contributed by atoms with Gasteiger partial charge in [0.05, 0.1) is 6.10 Å².